The van der Waals surface area contributed by atoms with Gasteiger partial charge in [0.2, 0.25) is 10.0 Å². The quantitative estimate of drug-likeness (QED) is 0.844. The highest BCUT2D eigenvalue weighted by atomic mass is 32.2. The lowest BCUT2D eigenvalue weighted by Crippen LogP contribution is -2.47. The van der Waals surface area contributed by atoms with Crippen LogP contribution < -0.4 is 4.74 Å². The average Bonchev–Trinajstić information content (AvgIpc) is 2.47. The van der Waals surface area contributed by atoms with Crippen LogP contribution in [0.1, 0.15) is 33.3 Å². The first kappa shape index (κ1) is 18.2. The largest absolute Gasteiger partial charge is 0.494 e. The monoisotopic (exact) mass is 340 g/mol. The van der Waals surface area contributed by atoms with Gasteiger partial charge in [0.15, 0.2) is 0 Å². The van der Waals surface area contributed by atoms with E-state index in [0.717, 1.165) is 24.4 Å². The van der Waals surface area contributed by atoms with Crippen molar-refractivity contribution in [3.8, 4) is 5.75 Å². The summed E-state index contributed by atoms with van der Waals surface area (Å²) in [5.41, 5.74) is 0.743. The van der Waals surface area contributed by atoms with Crippen molar-refractivity contribution in [1.82, 2.24) is 9.21 Å². The summed E-state index contributed by atoms with van der Waals surface area (Å²) in [6.45, 7) is 11.3. The third-order valence-electron chi connectivity index (χ3n) is 4.16. The number of hydrogen-bond donors (Lipinski definition) is 0. The van der Waals surface area contributed by atoms with Crippen LogP contribution in [0.25, 0.3) is 0 Å². The molecule has 1 aromatic carbocycles. The summed E-state index contributed by atoms with van der Waals surface area (Å²) in [4.78, 5) is 2.50. The van der Waals surface area contributed by atoms with E-state index in [1.807, 2.05) is 14.0 Å². The van der Waals surface area contributed by atoms with E-state index in [9.17, 15) is 8.42 Å². The minimum absolute atomic E-state index is 0.182. The van der Waals surface area contributed by atoms with Crippen molar-refractivity contribution in [2.75, 3.05) is 39.8 Å². The Kier molecular flexibility index (Phi) is 5.38. The zero-order valence-corrected chi connectivity index (χ0v) is 15.6. The molecule has 5 nitrogen and oxygen atoms in total. The predicted octanol–water partition coefficient (Wildman–Crippen LogP) is 2.32. The molecule has 0 unspecified atom stereocenters. The minimum Gasteiger partial charge on any atom is -0.494 e. The van der Waals surface area contributed by atoms with Crippen LogP contribution in [0.15, 0.2) is 23.1 Å². The van der Waals surface area contributed by atoms with Crippen LogP contribution in [-0.4, -0.2) is 57.5 Å². The Labute approximate surface area is 140 Å². The zero-order valence-electron chi connectivity index (χ0n) is 14.8. The third kappa shape index (κ3) is 4.05. The molecule has 1 aliphatic rings. The molecule has 1 heterocycles. The average molecular weight is 340 g/mol. The number of hydrogen-bond acceptors (Lipinski definition) is 4. The number of piperazine rings is 1. The summed E-state index contributed by atoms with van der Waals surface area (Å²) in [6.07, 6.45) is 0. The van der Waals surface area contributed by atoms with Gasteiger partial charge in [-0.05, 0) is 37.6 Å². The van der Waals surface area contributed by atoms with Crippen LogP contribution in [0.4, 0.5) is 0 Å². The first-order valence-corrected chi connectivity index (χ1v) is 9.56. The van der Waals surface area contributed by atoms with Crippen LogP contribution in [-0.2, 0) is 15.4 Å². The lowest BCUT2D eigenvalue weighted by molar-refractivity contribution is 0.222. The Morgan fingerprint density at radius 3 is 2.26 bits per heavy atom. The molecule has 0 radical (unpaired) electrons. The first-order valence-electron chi connectivity index (χ1n) is 8.12. The van der Waals surface area contributed by atoms with Gasteiger partial charge < -0.3 is 9.64 Å². The summed E-state index contributed by atoms with van der Waals surface area (Å²) in [6, 6.07) is 5.22. The molecular formula is C17H28N2O3S. The Bertz CT molecular complexity index is 642. The molecular weight excluding hydrogens is 312 g/mol. The number of nitrogens with zero attached hydrogens (tertiary/aromatic N) is 2. The second-order valence-corrected chi connectivity index (χ2v) is 8.99. The molecule has 0 amide bonds. The van der Waals surface area contributed by atoms with Crippen molar-refractivity contribution in [1.29, 1.82) is 0 Å². The van der Waals surface area contributed by atoms with Gasteiger partial charge in [0, 0.05) is 31.7 Å². The Balaban J connectivity index is 2.39. The van der Waals surface area contributed by atoms with E-state index in [1.165, 1.54) is 0 Å². The molecule has 0 aliphatic carbocycles. The number of rotatable bonds is 4. The van der Waals surface area contributed by atoms with Gasteiger partial charge in [0.25, 0.3) is 0 Å². The lowest BCUT2D eigenvalue weighted by atomic mass is 9.86. The molecule has 0 N–H and O–H groups in total. The van der Waals surface area contributed by atoms with Gasteiger partial charge in [0.1, 0.15) is 5.75 Å². The fourth-order valence-corrected chi connectivity index (χ4v) is 4.16. The van der Waals surface area contributed by atoms with Crippen molar-refractivity contribution in [3.05, 3.63) is 23.8 Å². The van der Waals surface area contributed by atoms with E-state index in [-0.39, 0.29) is 5.41 Å². The van der Waals surface area contributed by atoms with Crippen LogP contribution in [0, 0.1) is 0 Å². The molecule has 0 aromatic heterocycles. The van der Waals surface area contributed by atoms with Gasteiger partial charge in [-0.1, -0.05) is 20.8 Å². The normalized spacial score (nSPS) is 18.1. The van der Waals surface area contributed by atoms with E-state index >= 15 is 0 Å². The summed E-state index contributed by atoms with van der Waals surface area (Å²) in [7, 11) is -1.44. The summed E-state index contributed by atoms with van der Waals surface area (Å²) >= 11 is 0. The van der Waals surface area contributed by atoms with Gasteiger partial charge in [0.05, 0.1) is 11.5 Å². The summed E-state index contributed by atoms with van der Waals surface area (Å²) in [5.74, 6) is 0.761. The van der Waals surface area contributed by atoms with Crippen molar-refractivity contribution in [3.63, 3.8) is 0 Å². The Morgan fingerprint density at radius 2 is 1.74 bits per heavy atom. The van der Waals surface area contributed by atoms with Crippen molar-refractivity contribution >= 4 is 10.0 Å². The number of benzene rings is 1. The van der Waals surface area contributed by atoms with E-state index in [2.05, 4.69) is 25.7 Å². The predicted molar refractivity (Wildman–Crippen MR) is 92.6 cm³/mol. The molecule has 1 fully saturated rings. The molecule has 2 rings (SSSR count). The fraction of sp³-hybridized carbons (Fsp3) is 0.647. The zero-order chi connectivity index (χ0) is 17.3. The van der Waals surface area contributed by atoms with Gasteiger partial charge in [-0.15, -0.1) is 0 Å². The maximum atomic E-state index is 12.9. The number of sulfonamides is 1. The van der Waals surface area contributed by atoms with Crippen molar-refractivity contribution < 1.29 is 13.2 Å². The standard InChI is InChI=1S/C17H28N2O3S/c1-6-22-16-8-7-14(13-15(16)17(2,3)4)23(20,21)19-11-9-18(5)10-12-19/h7-8,13H,6,9-12H2,1-5H3. The van der Waals surface area contributed by atoms with Crippen LogP contribution in [0.5, 0.6) is 5.75 Å². The number of likely N-dealkylation sites (N-methyl/N-ethyl adjacent to an activating group) is 1. The van der Waals surface area contributed by atoms with E-state index < -0.39 is 10.0 Å². The van der Waals surface area contributed by atoms with Crippen LogP contribution in [0.3, 0.4) is 0 Å². The Hall–Kier alpha value is -1.11. The molecule has 0 spiro atoms. The summed E-state index contributed by atoms with van der Waals surface area (Å²) < 4.78 is 33.1. The maximum Gasteiger partial charge on any atom is 0.243 e. The Morgan fingerprint density at radius 1 is 1.13 bits per heavy atom. The lowest BCUT2D eigenvalue weighted by Gasteiger charge is -2.32. The topological polar surface area (TPSA) is 49.9 Å². The van der Waals surface area contributed by atoms with E-state index in [1.54, 1.807) is 22.5 Å². The van der Waals surface area contributed by atoms with Crippen molar-refractivity contribution in [2.45, 2.75) is 38.0 Å². The SMILES string of the molecule is CCOc1ccc(S(=O)(=O)N2CCN(C)CC2)cc1C(C)(C)C. The van der Waals surface area contributed by atoms with E-state index in [0.29, 0.717) is 24.6 Å². The van der Waals surface area contributed by atoms with Gasteiger partial charge >= 0.3 is 0 Å². The fourth-order valence-electron chi connectivity index (χ4n) is 2.71. The van der Waals surface area contributed by atoms with Gasteiger partial charge in [-0.25, -0.2) is 8.42 Å². The van der Waals surface area contributed by atoms with Crippen LogP contribution in [0.2, 0.25) is 0 Å². The molecule has 23 heavy (non-hydrogen) atoms. The molecule has 0 bridgehead atoms. The van der Waals surface area contributed by atoms with Crippen molar-refractivity contribution in [2.24, 2.45) is 0 Å². The molecule has 6 heteroatoms. The van der Waals surface area contributed by atoms with Crippen LogP contribution >= 0.6 is 0 Å². The highest BCUT2D eigenvalue weighted by molar-refractivity contribution is 7.89. The molecule has 0 atom stereocenters. The smallest absolute Gasteiger partial charge is 0.243 e. The highest BCUT2D eigenvalue weighted by Crippen LogP contribution is 2.34. The van der Waals surface area contributed by atoms with Gasteiger partial charge in [-0.2, -0.15) is 4.31 Å². The maximum absolute atomic E-state index is 12.9. The molecule has 1 saturated heterocycles. The molecule has 1 aliphatic heterocycles. The molecule has 130 valence electrons. The first-order chi connectivity index (χ1) is 10.7. The molecule has 1 aromatic rings. The summed E-state index contributed by atoms with van der Waals surface area (Å²) in [5, 5.41) is 0. The second kappa shape index (κ2) is 6.79. The van der Waals surface area contributed by atoms with Gasteiger partial charge in [-0.3, -0.25) is 0 Å². The molecule has 0 saturated carbocycles. The van der Waals surface area contributed by atoms with E-state index in [4.69, 9.17) is 4.74 Å². The number of ether oxygens (including phenoxy) is 1. The highest BCUT2D eigenvalue weighted by Gasteiger charge is 2.29. The minimum atomic E-state index is -3.45. The third-order valence-corrected chi connectivity index (χ3v) is 6.05. The second-order valence-electron chi connectivity index (χ2n) is 7.05.